The van der Waals surface area contributed by atoms with E-state index in [1.807, 2.05) is 14.0 Å². The zero-order chi connectivity index (χ0) is 10.0. The Labute approximate surface area is 78.8 Å². The summed E-state index contributed by atoms with van der Waals surface area (Å²) in [6, 6.07) is 0. The smallest absolute Gasteiger partial charge is 0.178 e. The van der Waals surface area contributed by atoms with Crippen LogP contribution in [0.1, 0.15) is 42.0 Å². The Morgan fingerprint density at radius 1 is 1.54 bits per heavy atom. The van der Waals surface area contributed by atoms with E-state index in [0.29, 0.717) is 0 Å². The van der Waals surface area contributed by atoms with Gasteiger partial charge >= 0.3 is 0 Å². The maximum Gasteiger partial charge on any atom is 0.178 e. The number of carbonyl (C=O) groups excluding carboxylic acids is 1. The molecule has 0 saturated carbocycles. The van der Waals surface area contributed by atoms with Gasteiger partial charge in [-0.1, -0.05) is 13.3 Å². The van der Waals surface area contributed by atoms with E-state index in [2.05, 4.69) is 12.0 Å². The molecule has 13 heavy (non-hydrogen) atoms. The number of hydrogen-bond donors (Lipinski definition) is 0. The summed E-state index contributed by atoms with van der Waals surface area (Å²) in [6.07, 6.45) is 2.02. The number of aryl methyl sites for hydroxylation is 2. The molecule has 0 unspecified atom stereocenters. The van der Waals surface area contributed by atoms with Gasteiger partial charge in [-0.05, 0) is 13.3 Å². The monoisotopic (exact) mass is 180 g/mol. The van der Waals surface area contributed by atoms with Gasteiger partial charge in [0, 0.05) is 19.5 Å². The summed E-state index contributed by atoms with van der Waals surface area (Å²) in [5.41, 5.74) is 2.83. The number of carbonyl (C=O) groups is 1. The van der Waals surface area contributed by atoms with Crippen LogP contribution in [-0.2, 0) is 13.5 Å². The van der Waals surface area contributed by atoms with Crippen molar-refractivity contribution in [2.24, 2.45) is 7.05 Å². The van der Waals surface area contributed by atoms with Crippen molar-refractivity contribution in [1.82, 2.24) is 9.78 Å². The third-order valence-corrected chi connectivity index (χ3v) is 2.20. The van der Waals surface area contributed by atoms with Crippen LogP contribution < -0.4 is 0 Å². The van der Waals surface area contributed by atoms with Gasteiger partial charge in [0.15, 0.2) is 5.78 Å². The van der Waals surface area contributed by atoms with Crippen molar-refractivity contribution < 1.29 is 4.79 Å². The van der Waals surface area contributed by atoms with Crippen molar-refractivity contribution in [3.05, 3.63) is 17.0 Å². The van der Waals surface area contributed by atoms with Gasteiger partial charge in [0.05, 0.1) is 5.69 Å². The van der Waals surface area contributed by atoms with E-state index in [1.165, 1.54) is 0 Å². The summed E-state index contributed by atoms with van der Waals surface area (Å²) in [4.78, 5) is 11.2. The van der Waals surface area contributed by atoms with Crippen LogP contribution in [-0.4, -0.2) is 15.6 Å². The van der Waals surface area contributed by atoms with E-state index >= 15 is 0 Å². The van der Waals surface area contributed by atoms with Crippen molar-refractivity contribution in [2.45, 2.75) is 33.6 Å². The fourth-order valence-electron chi connectivity index (χ4n) is 1.65. The van der Waals surface area contributed by atoms with Crippen molar-refractivity contribution >= 4 is 5.78 Å². The maximum atomic E-state index is 11.2. The van der Waals surface area contributed by atoms with Crippen LogP contribution in [0.3, 0.4) is 0 Å². The molecule has 0 aliphatic heterocycles. The van der Waals surface area contributed by atoms with Crippen LogP contribution in [0.25, 0.3) is 0 Å². The number of hydrogen-bond acceptors (Lipinski definition) is 2. The summed E-state index contributed by atoms with van der Waals surface area (Å²) >= 11 is 0. The normalized spacial score (nSPS) is 10.5. The average Bonchev–Trinajstić information content (AvgIpc) is 2.28. The van der Waals surface area contributed by atoms with E-state index in [0.717, 1.165) is 29.8 Å². The zero-order valence-electron chi connectivity index (χ0n) is 8.72. The van der Waals surface area contributed by atoms with Crippen molar-refractivity contribution in [1.29, 1.82) is 0 Å². The van der Waals surface area contributed by atoms with Crippen LogP contribution in [0.5, 0.6) is 0 Å². The lowest BCUT2D eigenvalue weighted by Gasteiger charge is -1.96. The summed E-state index contributed by atoms with van der Waals surface area (Å²) in [5.74, 6) is 0.0925. The molecule has 0 bridgehead atoms. The molecule has 1 heterocycles. The highest BCUT2D eigenvalue weighted by Crippen LogP contribution is 2.14. The summed E-state index contributed by atoms with van der Waals surface area (Å²) in [6.45, 7) is 5.66. The quantitative estimate of drug-likeness (QED) is 0.666. The Balaban J connectivity index is 3.14. The molecule has 72 valence electrons. The van der Waals surface area contributed by atoms with Gasteiger partial charge in [-0.25, -0.2) is 0 Å². The number of Topliss-reactive ketones (excluding diaryl/α,β-unsaturated/α-hetero) is 1. The molecule has 0 saturated heterocycles. The first kappa shape index (κ1) is 9.96. The Morgan fingerprint density at radius 3 is 2.54 bits per heavy atom. The van der Waals surface area contributed by atoms with Gasteiger partial charge in [-0.2, -0.15) is 5.10 Å². The Hall–Kier alpha value is -1.12. The summed E-state index contributed by atoms with van der Waals surface area (Å²) in [5, 5.41) is 4.32. The molecule has 3 heteroatoms. The van der Waals surface area contributed by atoms with E-state index in [1.54, 1.807) is 11.6 Å². The maximum absolute atomic E-state index is 11.2. The second kappa shape index (κ2) is 3.73. The van der Waals surface area contributed by atoms with Gasteiger partial charge in [0.2, 0.25) is 0 Å². The van der Waals surface area contributed by atoms with E-state index in [9.17, 15) is 4.79 Å². The Morgan fingerprint density at radius 2 is 2.15 bits per heavy atom. The van der Waals surface area contributed by atoms with Gasteiger partial charge in [0.25, 0.3) is 0 Å². The second-order valence-electron chi connectivity index (χ2n) is 3.35. The molecular weight excluding hydrogens is 164 g/mol. The van der Waals surface area contributed by atoms with E-state index in [4.69, 9.17) is 0 Å². The van der Waals surface area contributed by atoms with Crippen LogP contribution in [0.2, 0.25) is 0 Å². The van der Waals surface area contributed by atoms with Gasteiger partial charge in [0.1, 0.15) is 5.69 Å². The first-order valence-electron chi connectivity index (χ1n) is 4.61. The Kier molecular flexibility index (Phi) is 2.86. The molecule has 0 radical (unpaired) electrons. The predicted molar refractivity (Wildman–Crippen MR) is 51.9 cm³/mol. The Bertz CT molecular complexity index is 326. The molecule has 0 aromatic carbocycles. The summed E-state index contributed by atoms with van der Waals surface area (Å²) in [7, 11) is 1.82. The predicted octanol–water partition coefficient (Wildman–Crippen LogP) is 1.88. The molecule has 0 spiro atoms. The fourth-order valence-corrected chi connectivity index (χ4v) is 1.65. The molecule has 0 fully saturated rings. The van der Waals surface area contributed by atoms with Crippen LogP contribution >= 0.6 is 0 Å². The number of rotatable bonds is 3. The molecule has 0 aliphatic rings. The van der Waals surface area contributed by atoms with Gasteiger partial charge in [-0.3, -0.25) is 9.48 Å². The minimum Gasteiger partial charge on any atom is -0.293 e. The topological polar surface area (TPSA) is 34.9 Å². The lowest BCUT2D eigenvalue weighted by atomic mass is 10.1. The first-order chi connectivity index (χ1) is 6.07. The molecule has 0 atom stereocenters. The highest BCUT2D eigenvalue weighted by Gasteiger charge is 2.14. The molecule has 0 amide bonds. The van der Waals surface area contributed by atoms with Crippen LogP contribution in [0.15, 0.2) is 0 Å². The molecular formula is C10H16N2O. The zero-order valence-corrected chi connectivity index (χ0v) is 8.72. The lowest BCUT2D eigenvalue weighted by Crippen LogP contribution is -2.03. The molecule has 0 N–H and O–H groups in total. The van der Waals surface area contributed by atoms with Crippen LogP contribution in [0.4, 0.5) is 0 Å². The average molecular weight is 180 g/mol. The van der Waals surface area contributed by atoms with Crippen molar-refractivity contribution in [3.8, 4) is 0 Å². The standard InChI is InChI=1S/C10H16N2O/c1-5-6-9-7(2)10(8(3)13)12(4)11-9/h5-6H2,1-4H3. The van der Waals surface area contributed by atoms with E-state index in [-0.39, 0.29) is 5.78 Å². The number of ketones is 1. The molecule has 0 aliphatic carbocycles. The lowest BCUT2D eigenvalue weighted by molar-refractivity contribution is 0.100. The van der Waals surface area contributed by atoms with Crippen LogP contribution in [0, 0.1) is 6.92 Å². The number of aromatic nitrogens is 2. The molecule has 1 rings (SSSR count). The minimum absolute atomic E-state index is 0.0925. The summed E-state index contributed by atoms with van der Waals surface area (Å²) < 4.78 is 1.68. The third-order valence-electron chi connectivity index (χ3n) is 2.20. The first-order valence-corrected chi connectivity index (χ1v) is 4.61. The van der Waals surface area contributed by atoms with Crippen molar-refractivity contribution in [2.75, 3.05) is 0 Å². The minimum atomic E-state index is 0.0925. The number of nitrogens with zero attached hydrogens (tertiary/aromatic N) is 2. The second-order valence-corrected chi connectivity index (χ2v) is 3.35. The molecule has 1 aromatic rings. The largest absolute Gasteiger partial charge is 0.293 e. The highest BCUT2D eigenvalue weighted by molar-refractivity contribution is 5.94. The molecule has 1 aromatic heterocycles. The van der Waals surface area contributed by atoms with Gasteiger partial charge < -0.3 is 0 Å². The SMILES string of the molecule is CCCc1nn(C)c(C(C)=O)c1C. The fraction of sp³-hybridized carbons (Fsp3) is 0.600. The van der Waals surface area contributed by atoms with E-state index < -0.39 is 0 Å². The third kappa shape index (κ3) is 1.79. The van der Waals surface area contributed by atoms with Gasteiger partial charge in [-0.15, -0.1) is 0 Å². The molecule has 3 nitrogen and oxygen atoms in total. The van der Waals surface area contributed by atoms with Crippen molar-refractivity contribution in [3.63, 3.8) is 0 Å². The highest BCUT2D eigenvalue weighted by atomic mass is 16.1.